The van der Waals surface area contributed by atoms with Gasteiger partial charge in [0, 0.05) is 18.7 Å². The van der Waals surface area contributed by atoms with Gasteiger partial charge in [-0.2, -0.15) is 0 Å². The van der Waals surface area contributed by atoms with Gasteiger partial charge in [-0.15, -0.1) is 0 Å². The van der Waals surface area contributed by atoms with Crippen LogP contribution < -0.4 is 10.6 Å². The summed E-state index contributed by atoms with van der Waals surface area (Å²) in [5.74, 6) is 1.60. The van der Waals surface area contributed by atoms with Crippen molar-refractivity contribution in [3.05, 3.63) is 12.4 Å². The minimum absolute atomic E-state index is 0.107. The van der Waals surface area contributed by atoms with Gasteiger partial charge in [0.1, 0.15) is 18.0 Å². The van der Waals surface area contributed by atoms with E-state index >= 15 is 0 Å². The van der Waals surface area contributed by atoms with Crippen molar-refractivity contribution in [1.82, 2.24) is 9.97 Å². The Kier molecular flexibility index (Phi) is 2.78. The van der Waals surface area contributed by atoms with Gasteiger partial charge in [0.25, 0.3) is 0 Å². The predicted octanol–water partition coefficient (Wildman–Crippen LogP) is 0.455. The molecule has 0 unspecified atom stereocenters. The fraction of sp³-hybridized carbons (Fsp3) is 0.556. The van der Waals surface area contributed by atoms with Gasteiger partial charge in [-0.25, -0.2) is 9.97 Å². The second-order valence-electron chi connectivity index (χ2n) is 3.36. The minimum Gasteiger partial charge on any atom is -0.395 e. The van der Waals surface area contributed by atoms with E-state index in [0.29, 0.717) is 12.6 Å². The van der Waals surface area contributed by atoms with E-state index in [4.69, 9.17) is 5.11 Å². The van der Waals surface area contributed by atoms with Crippen LogP contribution in [0.5, 0.6) is 0 Å². The molecule has 2 rings (SSSR count). The van der Waals surface area contributed by atoms with Crippen LogP contribution in [-0.4, -0.2) is 34.3 Å². The van der Waals surface area contributed by atoms with Gasteiger partial charge in [-0.05, 0) is 12.8 Å². The zero-order chi connectivity index (χ0) is 9.80. The molecule has 76 valence electrons. The smallest absolute Gasteiger partial charge is 0.131 e. The highest BCUT2D eigenvalue weighted by Crippen LogP contribution is 2.23. The van der Waals surface area contributed by atoms with Crippen LogP contribution >= 0.6 is 0 Å². The molecule has 3 N–H and O–H groups in total. The van der Waals surface area contributed by atoms with E-state index < -0.39 is 0 Å². The molecular formula is C9H14N4O. The molecule has 1 aliphatic rings. The second-order valence-corrected chi connectivity index (χ2v) is 3.36. The summed E-state index contributed by atoms with van der Waals surface area (Å²) in [6.45, 7) is 0.620. The van der Waals surface area contributed by atoms with E-state index in [2.05, 4.69) is 20.6 Å². The van der Waals surface area contributed by atoms with Gasteiger partial charge in [0.15, 0.2) is 0 Å². The molecule has 0 bridgehead atoms. The molecule has 0 aromatic carbocycles. The number of hydrogen-bond acceptors (Lipinski definition) is 5. The van der Waals surface area contributed by atoms with E-state index in [-0.39, 0.29) is 6.61 Å². The minimum atomic E-state index is 0.107. The van der Waals surface area contributed by atoms with Crippen molar-refractivity contribution in [3.63, 3.8) is 0 Å². The summed E-state index contributed by atoms with van der Waals surface area (Å²) in [4.78, 5) is 8.13. The van der Waals surface area contributed by atoms with Crippen molar-refractivity contribution >= 4 is 11.6 Å². The van der Waals surface area contributed by atoms with Crippen LogP contribution in [0.4, 0.5) is 11.6 Å². The molecule has 1 heterocycles. The maximum absolute atomic E-state index is 8.63. The van der Waals surface area contributed by atoms with Gasteiger partial charge >= 0.3 is 0 Å². The maximum Gasteiger partial charge on any atom is 0.131 e. The Balaban J connectivity index is 1.94. The number of aliphatic hydroxyl groups excluding tert-OH is 1. The van der Waals surface area contributed by atoms with Crippen LogP contribution in [-0.2, 0) is 0 Å². The van der Waals surface area contributed by atoms with Crippen molar-refractivity contribution in [2.24, 2.45) is 0 Å². The van der Waals surface area contributed by atoms with Crippen LogP contribution in [0.25, 0.3) is 0 Å². The Morgan fingerprint density at radius 1 is 1.36 bits per heavy atom. The summed E-state index contributed by atoms with van der Waals surface area (Å²) in [6, 6.07) is 2.45. The van der Waals surface area contributed by atoms with Crippen molar-refractivity contribution in [2.45, 2.75) is 18.9 Å². The summed E-state index contributed by atoms with van der Waals surface area (Å²) < 4.78 is 0. The number of rotatable bonds is 5. The topological polar surface area (TPSA) is 70.1 Å². The summed E-state index contributed by atoms with van der Waals surface area (Å²) in [6.07, 6.45) is 3.97. The Bertz CT molecular complexity index is 301. The molecule has 1 saturated carbocycles. The number of hydrogen-bond donors (Lipinski definition) is 3. The summed E-state index contributed by atoms with van der Waals surface area (Å²) in [5.41, 5.74) is 0. The Morgan fingerprint density at radius 3 is 2.86 bits per heavy atom. The number of nitrogens with one attached hydrogen (secondary N) is 2. The van der Waals surface area contributed by atoms with Crippen molar-refractivity contribution in [1.29, 1.82) is 0 Å². The molecule has 5 nitrogen and oxygen atoms in total. The average Bonchev–Trinajstić information content (AvgIpc) is 2.99. The lowest BCUT2D eigenvalue weighted by molar-refractivity contribution is 0.311. The summed E-state index contributed by atoms with van der Waals surface area (Å²) >= 11 is 0. The first-order valence-corrected chi connectivity index (χ1v) is 4.82. The van der Waals surface area contributed by atoms with Gasteiger partial charge < -0.3 is 15.7 Å². The highest BCUT2D eigenvalue weighted by atomic mass is 16.3. The third-order valence-electron chi connectivity index (χ3n) is 2.01. The monoisotopic (exact) mass is 194 g/mol. The lowest BCUT2D eigenvalue weighted by Gasteiger charge is -2.06. The Hall–Kier alpha value is -1.36. The van der Waals surface area contributed by atoms with Crippen LogP contribution in [0.3, 0.4) is 0 Å². The zero-order valence-electron chi connectivity index (χ0n) is 7.90. The highest BCUT2D eigenvalue weighted by Gasteiger charge is 2.21. The lowest BCUT2D eigenvalue weighted by atomic mass is 10.5. The fourth-order valence-corrected chi connectivity index (χ4v) is 1.15. The van der Waals surface area contributed by atoms with Gasteiger partial charge in [-0.1, -0.05) is 0 Å². The normalized spacial score (nSPS) is 15.2. The molecule has 14 heavy (non-hydrogen) atoms. The predicted molar refractivity (Wildman–Crippen MR) is 54.3 cm³/mol. The number of nitrogens with zero attached hydrogens (tertiary/aromatic N) is 2. The first-order chi connectivity index (χ1) is 6.88. The molecule has 1 aromatic heterocycles. The first-order valence-electron chi connectivity index (χ1n) is 4.82. The van der Waals surface area contributed by atoms with E-state index in [1.54, 1.807) is 0 Å². The molecule has 5 heteroatoms. The van der Waals surface area contributed by atoms with E-state index in [1.165, 1.54) is 19.2 Å². The molecule has 1 aromatic rings. The van der Waals surface area contributed by atoms with Crippen LogP contribution in [0.1, 0.15) is 12.8 Å². The van der Waals surface area contributed by atoms with Crippen LogP contribution in [0, 0.1) is 0 Å². The van der Waals surface area contributed by atoms with Crippen LogP contribution in [0.15, 0.2) is 12.4 Å². The standard InChI is InChI=1S/C9H14N4O/c14-4-3-10-8-5-9(12-6-11-8)13-7-1-2-7/h5-7,14H,1-4H2,(H2,10,11,12,13). The maximum atomic E-state index is 8.63. The fourth-order valence-electron chi connectivity index (χ4n) is 1.15. The van der Waals surface area contributed by atoms with E-state index in [0.717, 1.165) is 11.6 Å². The molecule has 0 saturated heterocycles. The molecule has 1 fully saturated rings. The zero-order valence-corrected chi connectivity index (χ0v) is 7.90. The molecular weight excluding hydrogens is 180 g/mol. The molecule has 0 atom stereocenters. The summed E-state index contributed by atoms with van der Waals surface area (Å²) in [5, 5.41) is 14.9. The molecule has 1 aliphatic carbocycles. The average molecular weight is 194 g/mol. The van der Waals surface area contributed by atoms with Crippen molar-refractivity contribution < 1.29 is 5.11 Å². The number of anilines is 2. The van der Waals surface area contributed by atoms with Gasteiger partial charge in [-0.3, -0.25) is 0 Å². The number of aromatic nitrogens is 2. The van der Waals surface area contributed by atoms with Crippen molar-refractivity contribution in [3.8, 4) is 0 Å². The largest absolute Gasteiger partial charge is 0.395 e. The van der Waals surface area contributed by atoms with Crippen molar-refractivity contribution in [2.75, 3.05) is 23.8 Å². The lowest BCUT2D eigenvalue weighted by Crippen LogP contribution is -2.09. The van der Waals surface area contributed by atoms with E-state index in [1.807, 2.05) is 6.07 Å². The Labute approximate surface area is 82.6 Å². The highest BCUT2D eigenvalue weighted by molar-refractivity contribution is 5.47. The molecule has 0 aliphatic heterocycles. The van der Waals surface area contributed by atoms with E-state index in [9.17, 15) is 0 Å². The summed E-state index contributed by atoms with van der Waals surface area (Å²) in [7, 11) is 0. The molecule has 0 amide bonds. The molecule has 0 radical (unpaired) electrons. The van der Waals surface area contributed by atoms with Gasteiger partial charge in [0.2, 0.25) is 0 Å². The second kappa shape index (κ2) is 4.23. The van der Waals surface area contributed by atoms with Gasteiger partial charge in [0.05, 0.1) is 6.61 Å². The first kappa shape index (κ1) is 9.21. The quantitative estimate of drug-likeness (QED) is 0.635. The number of aliphatic hydroxyl groups is 1. The third-order valence-corrected chi connectivity index (χ3v) is 2.01. The Morgan fingerprint density at radius 2 is 2.14 bits per heavy atom. The van der Waals surface area contributed by atoms with Crippen LogP contribution in [0.2, 0.25) is 0 Å². The SMILES string of the molecule is OCCNc1cc(NC2CC2)ncn1. The third kappa shape index (κ3) is 2.56. The molecule has 0 spiro atoms.